The second-order valence-electron chi connectivity index (χ2n) is 13.4. The van der Waals surface area contributed by atoms with E-state index in [4.69, 9.17) is 9.47 Å². The molecule has 1 aromatic carbocycles. The van der Waals surface area contributed by atoms with Crippen molar-refractivity contribution in [2.75, 3.05) is 26.7 Å². The molecule has 1 N–H and O–H groups in total. The van der Waals surface area contributed by atoms with E-state index in [1.54, 1.807) is 4.90 Å². The van der Waals surface area contributed by atoms with E-state index in [-0.39, 0.29) is 29.2 Å². The molecule has 8 heteroatoms. The molecular formula is C31H50N2O5Si. The number of ether oxygens (including phenoxy) is 2. The van der Waals surface area contributed by atoms with E-state index in [9.17, 15) is 14.4 Å². The van der Waals surface area contributed by atoms with Crippen molar-refractivity contribution < 1.29 is 23.9 Å². The summed E-state index contributed by atoms with van der Waals surface area (Å²) >= 11 is 0. The first kappa shape index (κ1) is 31.4. The van der Waals surface area contributed by atoms with Crippen LogP contribution in [0.3, 0.4) is 0 Å². The van der Waals surface area contributed by atoms with Gasteiger partial charge in [-0.25, -0.2) is 9.59 Å². The fraction of sp³-hybridized carbons (Fsp3) is 0.677. The van der Waals surface area contributed by atoms with Crippen LogP contribution in [0.25, 0.3) is 5.57 Å². The maximum absolute atomic E-state index is 13.3. The smallest absolute Gasteiger partial charge is 0.410 e. The van der Waals surface area contributed by atoms with E-state index in [2.05, 4.69) is 43.0 Å². The van der Waals surface area contributed by atoms with Gasteiger partial charge in [-0.3, -0.25) is 4.90 Å². The van der Waals surface area contributed by atoms with Crippen molar-refractivity contribution in [1.29, 1.82) is 0 Å². The molecule has 1 aromatic rings. The summed E-state index contributed by atoms with van der Waals surface area (Å²) in [7, 11) is -0.144. The lowest BCUT2D eigenvalue weighted by molar-refractivity contribution is -0.140. The van der Waals surface area contributed by atoms with Crippen molar-refractivity contribution in [2.45, 2.75) is 109 Å². The highest BCUT2D eigenvalue weighted by atomic mass is 28.4. The van der Waals surface area contributed by atoms with Gasteiger partial charge in [-0.15, -0.1) is 0 Å². The highest BCUT2D eigenvalue weighted by Gasteiger charge is 2.45. The minimum atomic E-state index is -2.17. The third kappa shape index (κ3) is 7.73. The van der Waals surface area contributed by atoms with Crippen molar-refractivity contribution in [2.24, 2.45) is 0 Å². The molecule has 0 saturated carbocycles. The molecule has 218 valence electrons. The Bertz CT molecular complexity index is 1050. The van der Waals surface area contributed by atoms with E-state index in [0.717, 1.165) is 36.8 Å². The van der Waals surface area contributed by atoms with E-state index in [1.807, 2.05) is 47.8 Å². The molecule has 0 spiro atoms. The lowest BCUT2D eigenvalue weighted by Crippen LogP contribution is -2.62. The number of fused-ring (bicyclic) bond motifs is 2. The molecule has 0 radical (unpaired) electrons. The topological polar surface area (TPSA) is 79.3 Å². The quantitative estimate of drug-likeness (QED) is 0.227. The molecule has 1 amide bonds. The van der Waals surface area contributed by atoms with Crippen molar-refractivity contribution in [3.8, 4) is 0 Å². The van der Waals surface area contributed by atoms with Crippen LogP contribution in [0.5, 0.6) is 0 Å². The number of carbonyl (C=O) groups is 2. The molecule has 2 bridgehead atoms. The number of aryl methyl sites for hydroxylation is 1. The third-order valence-corrected chi connectivity index (χ3v) is 12.2. The fourth-order valence-electron chi connectivity index (χ4n) is 5.39. The molecule has 0 aliphatic carbocycles. The van der Waals surface area contributed by atoms with Gasteiger partial charge in [-0.2, -0.15) is 0 Å². The maximum atomic E-state index is 13.3. The fourth-order valence-corrected chi connectivity index (χ4v) is 6.18. The average Bonchev–Trinajstić information content (AvgIpc) is 2.80. The summed E-state index contributed by atoms with van der Waals surface area (Å²) < 4.78 is 11.2. The summed E-state index contributed by atoms with van der Waals surface area (Å²) in [6.45, 7) is 17.1. The zero-order valence-electron chi connectivity index (χ0n) is 25.6. The first-order valence-corrected chi connectivity index (χ1v) is 17.4. The van der Waals surface area contributed by atoms with E-state index >= 15 is 0 Å². The largest absolute Gasteiger partial charge is 0.463 e. The van der Waals surface area contributed by atoms with Crippen LogP contribution in [-0.4, -0.2) is 79.4 Å². The van der Waals surface area contributed by atoms with Crippen LogP contribution < -0.4 is 0 Å². The number of rotatable bonds is 9. The molecule has 2 aliphatic rings. The highest BCUT2D eigenvalue weighted by Crippen LogP contribution is 2.41. The number of esters is 1. The monoisotopic (exact) mass is 558 g/mol. The van der Waals surface area contributed by atoms with Gasteiger partial charge in [0.2, 0.25) is 0 Å². The normalized spacial score (nSPS) is 20.7. The molecule has 2 heterocycles. The van der Waals surface area contributed by atoms with E-state index in [0.29, 0.717) is 31.7 Å². The molecule has 39 heavy (non-hydrogen) atoms. The Morgan fingerprint density at radius 2 is 1.69 bits per heavy atom. The first-order valence-electron chi connectivity index (χ1n) is 14.5. The van der Waals surface area contributed by atoms with Crippen molar-refractivity contribution >= 4 is 26.0 Å². The predicted molar refractivity (Wildman–Crippen MR) is 159 cm³/mol. The van der Waals surface area contributed by atoms with Gasteiger partial charge in [0, 0.05) is 19.1 Å². The number of benzene rings is 1. The van der Waals surface area contributed by atoms with Gasteiger partial charge >= 0.3 is 12.1 Å². The van der Waals surface area contributed by atoms with Crippen molar-refractivity contribution in [3.05, 3.63) is 41.0 Å². The van der Waals surface area contributed by atoms with Gasteiger partial charge in [-0.1, -0.05) is 44.5 Å². The number of piperazine rings is 1. The predicted octanol–water partition coefficient (Wildman–Crippen LogP) is 6.02. The summed E-state index contributed by atoms with van der Waals surface area (Å²) in [5, 5.41) is 0.0120. The second-order valence-corrected chi connectivity index (χ2v) is 17.9. The molecule has 1 fully saturated rings. The molecule has 0 aromatic heterocycles. The van der Waals surface area contributed by atoms with Crippen LogP contribution in [0.15, 0.2) is 29.8 Å². The molecule has 1 saturated heterocycles. The van der Waals surface area contributed by atoms with Crippen LogP contribution >= 0.6 is 0 Å². The molecule has 2 atom stereocenters. The van der Waals surface area contributed by atoms with Crippen molar-refractivity contribution in [3.63, 3.8) is 0 Å². The number of likely N-dealkylation sites (N-methyl/N-ethyl adjacent to an activating group) is 1. The summed E-state index contributed by atoms with van der Waals surface area (Å²) in [5.74, 6) is -0.309. The molecule has 2 unspecified atom stereocenters. The van der Waals surface area contributed by atoms with Crippen molar-refractivity contribution in [1.82, 2.24) is 9.80 Å². The van der Waals surface area contributed by atoms with Gasteiger partial charge in [0.25, 0.3) is 0 Å². The Kier molecular flexibility index (Phi) is 9.77. The SMILES string of the molecule is CCOC(=O)C1=C(c2ccc(CCCCC(C)(C)[Si](C)(C)O)cc2)CC2CN(C(=O)OC(C)(C)C)CC1N2C. The minimum absolute atomic E-state index is 0.0120. The first-order chi connectivity index (χ1) is 18.0. The Balaban J connectivity index is 1.78. The summed E-state index contributed by atoms with van der Waals surface area (Å²) in [6, 6.07) is 8.44. The number of unbranched alkanes of at least 4 members (excludes halogenated alkanes) is 1. The maximum Gasteiger partial charge on any atom is 0.410 e. The van der Waals surface area contributed by atoms with E-state index in [1.165, 1.54) is 5.56 Å². The van der Waals surface area contributed by atoms with E-state index < -0.39 is 13.9 Å². The number of carbonyl (C=O) groups excluding carboxylic acids is 2. The zero-order valence-corrected chi connectivity index (χ0v) is 26.6. The lowest BCUT2D eigenvalue weighted by Gasteiger charge is -2.49. The van der Waals surface area contributed by atoms with Gasteiger partial charge in [0.1, 0.15) is 5.60 Å². The number of hydrogen-bond donors (Lipinski definition) is 1. The van der Waals surface area contributed by atoms with Crippen LogP contribution in [0.4, 0.5) is 4.79 Å². The van der Waals surface area contributed by atoms with Gasteiger partial charge in [0.15, 0.2) is 8.32 Å². The second kappa shape index (κ2) is 12.1. The molecule has 2 aliphatic heterocycles. The zero-order chi connectivity index (χ0) is 29.2. The molecular weight excluding hydrogens is 508 g/mol. The third-order valence-electron chi connectivity index (χ3n) is 8.61. The van der Waals surface area contributed by atoms with Gasteiger partial charge < -0.3 is 19.2 Å². The Hall–Kier alpha value is -2.16. The minimum Gasteiger partial charge on any atom is -0.463 e. The highest BCUT2D eigenvalue weighted by molar-refractivity contribution is 6.72. The summed E-state index contributed by atoms with van der Waals surface area (Å²) in [4.78, 5) is 40.7. The van der Waals surface area contributed by atoms with Gasteiger partial charge in [0.05, 0.1) is 18.2 Å². The molecule has 7 nitrogen and oxygen atoms in total. The number of amides is 1. The standard InChI is InChI=1S/C31H50N2O5Si/c1-10-37-28(34)27-25(19-24-20-33(21-26(27)32(24)7)29(35)38-30(2,3)4)23-16-14-22(15-17-23)13-11-12-18-31(5,6)39(8,9)36/h14-17,24,26,36H,10-13,18-21H2,1-9H3. The lowest BCUT2D eigenvalue weighted by atomic mass is 9.82. The number of hydrogen-bond acceptors (Lipinski definition) is 6. The Morgan fingerprint density at radius 3 is 2.26 bits per heavy atom. The van der Waals surface area contributed by atoms with Crippen LogP contribution in [0.2, 0.25) is 18.1 Å². The average molecular weight is 559 g/mol. The summed E-state index contributed by atoms with van der Waals surface area (Å²) in [5.41, 5.74) is 3.42. The van der Waals surface area contributed by atoms with Crippen LogP contribution in [0, 0.1) is 0 Å². The van der Waals surface area contributed by atoms with Gasteiger partial charge in [-0.05, 0) is 95.3 Å². The molecule has 3 rings (SSSR count). The number of nitrogens with zero attached hydrogens (tertiary/aromatic N) is 2. The van der Waals surface area contributed by atoms with Crippen LogP contribution in [-0.2, 0) is 20.7 Å². The van der Waals surface area contributed by atoms with Crippen LogP contribution in [0.1, 0.15) is 78.4 Å². The Labute approximate surface area is 236 Å². The summed E-state index contributed by atoms with van der Waals surface area (Å²) in [6.07, 6.45) is 4.53. The Morgan fingerprint density at radius 1 is 1.05 bits per heavy atom.